The molecule has 0 spiro atoms. The Bertz CT molecular complexity index is 584. The Balaban J connectivity index is 2.47. The predicted octanol–water partition coefficient (Wildman–Crippen LogP) is 4.12. The van der Waals surface area contributed by atoms with Crippen LogP contribution in [0.2, 0.25) is 0 Å². The minimum atomic E-state index is -1.13. The maximum Gasteiger partial charge on any atom is 0.132 e. The summed E-state index contributed by atoms with van der Waals surface area (Å²) in [7, 11) is 0. The van der Waals surface area contributed by atoms with Crippen molar-refractivity contribution in [3.8, 4) is 0 Å². The van der Waals surface area contributed by atoms with Gasteiger partial charge in [-0.1, -0.05) is 39.7 Å². The van der Waals surface area contributed by atoms with Crippen LogP contribution in [0, 0.1) is 18.6 Å². The van der Waals surface area contributed by atoms with Gasteiger partial charge in [-0.3, -0.25) is 0 Å². The van der Waals surface area contributed by atoms with Gasteiger partial charge < -0.3 is 5.11 Å². The van der Waals surface area contributed by atoms with Crippen LogP contribution < -0.4 is 0 Å². The molecule has 94 valence electrons. The Morgan fingerprint density at radius 1 is 1.06 bits per heavy atom. The Labute approximate surface area is 112 Å². The van der Waals surface area contributed by atoms with Crippen LogP contribution in [0.3, 0.4) is 0 Å². The predicted molar refractivity (Wildman–Crippen MR) is 69.3 cm³/mol. The van der Waals surface area contributed by atoms with Gasteiger partial charge in [0.2, 0.25) is 0 Å². The molecule has 1 atom stereocenters. The SMILES string of the molecule is Cc1ccc(Br)c(C(O)c2ccc(F)cc2F)c1. The third-order valence-corrected chi connectivity index (χ3v) is 3.43. The number of hydrogen-bond acceptors (Lipinski definition) is 1. The van der Waals surface area contributed by atoms with Gasteiger partial charge in [0.05, 0.1) is 0 Å². The van der Waals surface area contributed by atoms with Crippen LogP contribution in [0.25, 0.3) is 0 Å². The van der Waals surface area contributed by atoms with E-state index in [0.29, 0.717) is 10.0 Å². The zero-order valence-corrected chi connectivity index (χ0v) is 11.2. The lowest BCUT2D eigenvalue weighted by Crippen LogP contribution is -2.04. The van der Waals surface area contributed by atoms with Crippen LogP contribution in [0.4, 0.5) is 8.78 Å². The van der Waals surface area contributed by atoms with Gasteiger partial charge in [-0.05, 0) is 24.6 Å². The van der Waals surface area contributed by atoms with Gasteiger partial charge in [0.1, 0.15) is 17.7 Å². The molecule has 4 heteroatoms. The number of aliphatic hydroxyl groups is 1. The molecule has 0 fully saturated rings. The van der Waals surface area contributed by atoms with Crippen molar-refractivity contribution in [2.45, 2.75) is 13.0 Å². The van der Waals surface area contributed by atoms with Gasteiger partial charge in [0, 0.05) is 16.1 Å². The lowest BCUT2D eigenvalue weighted by atomic mass is 9.99. The zero-order valence-electron chi connectivity index (χ0n) is 9.62. The van der Waals surface area contributed by atoms with Crippen molar-refractivity contribution in [2.75, 3.05) is 0 Å². The fraction of sp³-hybridized carbons (Fsp3) is 0.143. The molecule has 0 saturated heterocycles. The average molecular weight is 313 g/mol. The molecule has 0 bridgehead atoms. The summed E-state index contributed by atoms with van der Waals surface area (Å²) in [6, 6.07) is 8.58. The van der Waals surface area contributed by atoms with Crippen LogP contribution in [-0.2, 0) is 0 Å². The number of aliphatic hydroxyl groups excluding tert-OH is 1. The molecule has 0 heterocycles. The largest absolute Gasteiger partial charge is 0.384 e. The van der Waals surface area contributed by atoms with Crippen LogP contribution in [0.5, 0.6) is 0 Å². The second-order valence-electron chi connectivity index (χ2n) is 4.09. The summed E-state index contributed by atoms with van der Waals surface area (Å²) in [5, 5.41) is 10.2. The minimum absolute atomic E-state index is 0.0581. The molecule has 1 unspecified atom stereocenters. The lowest BCUT2D eigenvalue weighted by molar-refractivity contribution is 0.214. The molecule has 1 N–H and O–H groups in total. The Kier molecular flexibility index (Phi) is 3.78. The van der Waals surface area contributed by atoms with Crippen molar-refractivity contribution < 1.29 is 13.9 Å². The van der Waals surface area contributed by atoms with Crippen molar-refractivity contribution in [3.05, 3.63) is 69.2 Å². The summed E-state index contributed by atoms with van der Waals surface area (Å²) >= 11 is 3.31. The van der Waals surface area contributed by atoms with Crippen molar-refractivity contribution >= 4 is 15.9 Å². The Morgan fingerprint density at radius 3 is 2.44 bits per heavy atom. The number of hydrogen-bond donors (Lipinski definition) is 1. The highest BCUT2D eigenvalue weighted by atomic mass is 79.9. The van der Waals surface area contributed by atoms with Crippen molar-refractivity contribution in [1.29, 1.82) is 0 Å². The fourth-order valence-corrected chi connectivity index (χ4v) is 2.23. The van der Waals surface area contributed by atoms with Gasteiger partial charge in [-0.2, -0.15) is 0 Å². The summed E-state index contributed by atoms with van der Waals surface area (Å²) < 4.78 is 27.1. The molecule has 0 radical (unpaired) electrons. The van der Waals surface area contributed by atoms with Crippen LogP contribution in [0.1, 0.15) is 22.8 Å². The molecular weight excluding hydrogens is 302 g/mol. The number of rotatable bonds is 2. The molecule has 1 nitrogen and oxygen atoms in total. The standard InChI is InChI=1S/C14H11BrF2O/c1-8-2-5-12(15)11(6-8)14(18)10-4-3-9(16)7-13(10)17/h2-7,14,18H,1H3. The van der Waals surface area contributed by atoms with Gasteiger partial charge in [-0.15, -0.1) is 0 Å². The van der Waals surface area contributed by atoms with Gasteiger partial charge >= 0.3 is 0 Å². The monoisotopic (exact) mass is 312 g/mol. The number of halogens is 3. The third-order valence-electron chi connectivity index (χ3n) is 2.70. The molecule has 2 rings (SSSR count). The first-order valence-corrected chi connectivity index (χ1v) is 6.17. The molecule has 18 heavy (non-hydrogen) atoms. The van der Waals surface area contributed by atoms with E-state index in [4.69, 9.17) is 0 Å². The molecule has 0 aliphatic carbocycles. The van der Waals surface area contributed by atoms with E-state index in [1.807, 2.05) is 13.0 Å². The van der Waals surface area contributed by atoms with Crippen molar-refractivity contribution in [3.63, 3.8) is 0 Å². The van der Waals surface area contributed by atoms with E-state index in [-0.39, 0.29) is 5.56 Å². The molecule has 2 aromatic carbocycles. The molecular formula is C14H11BrF2O. The summed E-state index contributed by atoms with van der Waals surface area (Å²) in [5.74, 6) is -1.41. The number of benzene rings is 2. The molecule has 0 aliphatic heterocycles. The van der Waals surface area contributed by atoms with E-state index in [2.05, 4.69) is 15.9 Å². The smallest absolute Gasteiger partial charge is 0.132 e. The van der Waals surface area contributed by atoms with E-state index in [1.54, 1.807) is 12.1 Å². The lowest BCUT2D eigenvalue weighted by Gasteiger charge is -2.15. The van der Waals surface area contributed by atoms with Crippen LogP contribution >= 0.6 is 15.9 Å². The average Bonchev–Trinajstić information content (AvgIpc) is 2.31. The van der Waals surface area contributed by atoms with E-state index >= 15 is 0 Å². The first-order valence-electron chi connectivity index (χ1n) is 5.38. The van der Waals surface area contributed by atoms with Gasteiger partial charge in [0.25, 0.3) is 0 Å². The topological polar surface area (TPSA) is 20.2 Å². The van der Waals surface area contributed by atoms with E-state index in [1.165, 1.54) is 6.07 Å². The van der Waals surface area contributed by atoms with E-state index < -0.39 is 17.7 Å². The Hall–Kier alpha value is -1.26. The minimum Gasteiger partial charge on any atom is -0.384 e. The second kappa shape index (κ2) is 5.16. The van der Waals surface area contributed by atoms with Crippen LogP contribution in [0.15, 0.2) is 40.9 Å². The number of aryl methyl sites for hydroxylation is 1. The van der Waals surface area contributed by atoms with Crippen molar-refractivity contribution in [2.24, 2.45) is 0 Å². The van der Waals surface area contributed by atoms with E-state index in [9.17, 15) is 13.9 Å². The van der Waals surface area contributed by atoms with Gasteiger partial charge in [-0.25, -0.2) is 8.78 Å². The summed E-state index contributed by atoms with van der Waals surface area (Å²) in [4.78, 5) is 0. The fourth-order valence-electron chi connectivity index (χ4n) is 1.76. The first kappa shape index (κ1) is 13.2. The highest BCUT2D eigenvalue weighted by molar-refractivity contribution is 9.10. The van der Waals surface area contributed by atoms with Crippen LogP contribution in [-0.4, -0.2) is 5.11 Å². The highest BCUT2D eigenvalue weighted by Crippen LogP contribution is 2.30. The normalized spacial score (nSPS) is 12.5. The van der Waals surface area contributed by atoms with E-state index in [0.717, 1.165) is 17.7 Å². The highest BCUT2D eigenvalue weighted by Gasteiger charge is 2.18. The third kappa shape index (κ3) is 2.60. The van der Waals surface area contributed by atoms with Gasteiger partial charge in [0.15, 0.2) is 0 Å². The maximum atomic E-state index is 13.6. The Morgan fingerprint density at radius 2 is 1.78 bits per heavy atom. The molecule has 0 aliphatic rings. The molecule has 0 saturated carbocycles. The summed E-state index contributed by atoms with van der Waals surface area (Å²) in [5.41, 5.74) is 1.57. The summed E-state index contributed by atoms with van der Waals surface area (Å²) in [6.07, 6.45) is -1.13. The second-order valence-corrected chi connectivity index (χ2v) is 4.95. The van der Waals surface area contributed by atoms with Crippen molar-refractivity contribution in [1.82, 2.24) is 0 Å². The zero-order chi connectivity index (χ0) is 13.3. The molecule has 0 amide bonds. The molecule has 0 aromatic heterocycles. The maximum absolute atomic E-state index is 13.6. The molecule has 2 aromatic rings. The quantitative estimate of drug-likeness (QED) is 0.884. The summed E-state index contributed by atoms with van der Waals surface area (Å²) in [6.45, 7) is 1.88. The first-order chi connectivity index (χ1) is 8.49.